The molecule has 140 valence electrons. The van der Waals surface area contributed by atoms with Crippen LogP contribution < -0.4 is 4.74 Å². The summed E-state index contributed by atoms with van der Waals surface area (Å²) in [6.45, 7) is 10.3. The molecule has 1 aliphatic rings. The van der Waals surface area contributed by atoms with Crippen molar-refractivity contribution >= 4 is 5.97 Å². The maximum atomic E-state index is 11.3. The Labute approximate surface area is 154 Å². The van der Waals surface area contributed by atoms with Crippen molar-refractivity contribution < 1.29 is 19.4 Å². The van der Waals surface area contributed by atoms with Crippen LogP contribution >= 0.6 is 0 Å². The van der Waals surface area contributed by atoms with Crippen LogP contribution in [0, 0.1) is 18.8 Å². The van der Waals surface area contributed by atoms with Crippen molar-refractivity contribution in [3.8, 4) is 5.88 Å². The molecule has 6 heteroatoms. The smallest absolute Gasteiger partial charge is 0.342 e. The first-order valence-corrected chi connectivity index (χ1v) is 8.67. The van der Waals surface area contributed by atoms with Gasteiger partial charge in [0.1, 0.15) is 11.4 Å². The molecule has 0 spiro atoms. The number of aryl methyl sites for hydroxylation is 1. The molecule has 0 saturated heterocycles. The van der Waals surface area contributed by atoms with E-state index in [0.717, 1.165) is 24.2 Å². The summed E-state index contributed by atoms with van der Waals surface area (Å²) < 4.78 is 10.9. The van der Waals surface area contributed by atoms with Crippen molar-refractivity contribution in [3.05, 3.63) is 53.2 Å². The van der Waals surface area contributed by atoms with Gasteiger partial charge in [-0.15, -0.1) is 0 Å². The Morgan fingerprint density at radius 1 is 1.46 bits per heavy atom. The summed E-state index contributed by atoms with van der Waals surface area (Å²) in [6, 6.07) is 0. The number of methoxy groups -OCH3 is 1. The number of aromatic carboxylic acids is 1. The molecule has 1 heterocycles. The van der Waals surface area contributed by atoms with Gasteiger partial charge < -0.3 is 14.6 Å². The first-order valence-electron chi connectivity index (χ1n) is 8.67. The minimum atomic E-state index is -1.09. The van der Waals surface area contributed by atoms with Gasteiger partial charge in [0.25, 0.3) is 0 Å². The number of carboxylic acid groups (broad SMARTS) is 1. The van der Waals surface area contributed by atoms with E-state index >= 15 is 0 Å². The van der Waals surface area contributed by atoms with Crippen LogP contribution in [0.15, 0.2) is 41.8 Å². The third-order valence-electron chi connectivity index (χ3n) is 4.52. The number of hydrogen-bond acceptors (Lipinski definition) is 5. The molecule has 2 atom stereocenters. The molecule has 2 unspecified atom stereocenters. The van der Waals surface area contributed by atoms with E-state index in [4.69, 9.17) is 9.47 Å². The normalized spacial score (nSPS) is 19.8. The fourth-order valence-corrected chi connectivity index (χ4v) is 2.69. The summed E-state index contributed by atoms with van der Waals surface area (Å²) in [5, 5.41) is 9.23. The second-order valence-corrected chi connectivity index (χ2v) is 6.42. The van der Waals surface area contributed by atoms with Crippen LogP contribution in [0.1, 0.15) is 42.9 Å². The van der Waals surface area contributed by atoms with Gasteiger partial charge in [-0.2, -0.15) is 4.98 Å². The third kappa shape index (κ3) is 4.94. The lowest BCUT2D eigenvalue weighted by atomic mass is 9.99. The quantitative estimate of drug-likeness (QED) is 0.532. The van der Waals surface area contributed by atoms with E-state index in [1.807, 2.05) is 13.0 Å². The Hall–Kier alpha value is -2.63. The molecular formula is C20H26N2O4. The number of ether oxygens (including phenoxy) is 2. The van der Waals surface area contributed by atoms with Crippen LogP contribution in [0.2, 0.25) is 0 Å². The van der Waals surface area contributed by atoms with Gasteiger partial charge in [-0.3, -0.25) is 0 Å². The van der Waals surface area contributed by atoms with Gasteiger partial charge in [0, 0.05) is 12.1 Å². The van der Waals surface area contributed by atoms with Crippen LogP contribution in [0.5, 0.6) is 5.88 Å². The second-order valence-electron chi connectivity index (χ2n) is 6.42. The van der Waals surface area contributed by atoms with Gasteiger partial charge in [-0.05, 0) is 44.3 Å². The lowest BCUT2D eigenvalue weighted by molar-refractivity contribution is 0.0690. The Balaban J connectivity index is 2.06. The van der Waals surface area contributed by atoms with E-state index in [9.17, 15) is 9.90 Å². The fraction of sp³-hybridized carbons (Fsp3) is 0.450. The minimum absolute atomic E-state index is 0.0137. The van der Waals surface area contributed by atoms with Crippen molar-refractivity contribution in [1.29, 1.82) is 0 Å². The molecule has 0 bridgehead atoms. The lowest BCUT2D eigenvalue weighted by Crippen LogP contribution is -2.10. The van der Waals surface area contributed by atoms with E-state index < -0.39 is 5.97 Å². The molecule has 1 N–H and O–H groups in total. The highest BCUT2D eigenvalue weighted by Crippen LogP contribution is 2.47. The van der Waals surface area contributed by atoms with E-state index in [0.29, 0.717) is 24.3 Å². The number of aromatic nitrogens is 2. The monoisotopic (exact) mass is 358 g/mol. The predicted octanol–water partition coefficient (Wildman–Crippen LogP) is 3.94. The second kappa shape index (κ2) is 8.65. The standard InChI is InChI=1S/C20H26N2O4/c1-6-12(2)16(8-7-13(3)25-5)17-9-15(17)11-26-19-18(20(23)24)10-21-14(4)22-19/h7-8,10,15,17H,2,6,9,11H2,1,3-5H3,(H,23,24). The first kappa shape index (κ1) is 19.7. The maximum absolute atomic E-state index is 11.3. The Morgan fingerprint density at radius 2 is 2.19 bits per heavy atom. The summed E-state index contributed by atoms with van der Waals surface area (Å²) in [6.07, 6.45) is 7.16. The van der Waals surface area contributed by atoms with Crippen LogP contribution in [-0.4, -0.2) is 34.8 Å². The third-order valence-corrected chi connectivity index (χ3v) is 4.52. The number of carbonyl (C=O) groups is 1. The maximum Gasteiger partial charge on any atom is 0.342 e. The Morgan fingerprint density at radius 3 is 2.81 bits per heavy atom. The molecule has 1 fully saturated rings. The molecule has 1 aliphatic carbocycles. The molecule has 1 saturated carbocycles. The Bertz CT molecular complexity index is 752. The average Bonchev–Trinajstić information content (AvgIpc) is 3.38. The van der Waals surface area contributed by atoms with Crippen LogP contribution in [-0.2, 0) is 4.74 Å². The molecule has 6 nitrogen and oxygen atoms in total. The van der Waals surface area contributed by atoms with E-state index in [1.54, 1.807) is 14.0 Å². The van der Waals surface area contributed by atoms with Gasteiger partial charge in [-0.1, -0.05) is 25.2 Å². The highest BCUT2D eigenvalue weighted by Gasteiger charge is 2.41. The summed E-state index contributed by atoms with van der Waals surface area (Å²) in [5.74, 6) is 1.04. The number of hydrogen-bond donors (Lipinski definition) is 1. The summed E-state index contributed by atoms with van der Waals surface area (Å²) in [5.41, 5.74) is 2.29. The molecule has 1 aromatic heterocycles. The molecule has 0 aliphatic heterocycles. The minimum Gasteiger partial charge on any atom is -0.501 e. The largest absolute Gasteiger partial charge is 0.501 e. The number of carboxylic acids is 1. The zero-order valence-corrected chi connectivity index (χ0v) is 15.8. The highest BCUT2D eigenvalue weighted by atomic mass is 16.5. The van der Waals surface area contributed by atoms with Gasteiger partial charge in [0.15, 0.2) is 0 Å². The zero-order chi connectivity index (χ0) is 19.3. The first-order chi connectivity index (χ1) is 12.4. The summed E-state index contributed by atoms with van der Waals surface area (Å²) >= 11 is 0. The molecule has 1 aromatic rings. The topological polar surface area (TPSA) is 81.5 Å². The fourth-order valence-electron chi connectivity index (χ4n) is 2.69. The van der Waals surface area contributed by atoms with Gasteiger partial charge >= 0.3 is 5.97 Å². The van der Waals surface area contributed by atoms with Crippen LogP contribution in [0.3, 0.4) is 0 Å². The van der Waals surface area contributed by atoms with Crippen molar-refractivity contribution in [1.82, 2.24) is 9.97 Å². The predicted molar refractivity (Wildman–Crippen MR) is 99.1 cm³/mol. The van der Waals surface area contributed by atoms with E-state index in [2.05, 4.69) is 29.5 Å². The molecule has 0 amide bonds. The van der Waals surface area contributed by atoms with Crippen molar-refractivity contribution in [2.75, 3.05) is 13.7 Å². The summed E-state index contributed by atoms with van der Waals surface area (Å²) in [7, 11) is 1.64. The van der Waals surface area contributed by atoms with Crippen LogP contribution in [0.4, 0.5) is 0 Å². The molecule has 26 heavy (non-hydrogen) atoms. The average molecular weight is 358 g/mol. The van der Waals surface area contributed by atoms with E-state index in [1.165, 1.54) is 11.8 Å². The van der Waals surface area contributed by atoms with Gasteiger partial charge in [-0.25, -0.2) is 9.78 Å². The van der Waals surface area contributed by atoms with Crippen molar-refractivity contribution in [2.24, 2.45) is 11.8 Å². The highest BCUT2D eigenvalue weighted by molar-refractivity contribution is 5.89. The van der Waals surface area contributed by atoms with Gasteiger partial charge in [0.2, 0.25) is 5.88 Å². The summed E-state index contributed by atoms with van der Waals surface area (Å²) in [4.78, 5) is 19.3. The van der Waals surface area contributed by atoms with Crippen LogP contribution in [0.25, 0.3) is 0 Å². The zero-order valence-electron chi connectivity index (χ0n) is 15.8. The van der Waals surface area contributed by atoms with E-state index in [-0.39, 0.29) is 11.4 Å². The number of allylic oxidation sites excluding steroid dienone is 5. The molecule has 2 rings (SSSR count). The SMILES string of the molecule is C=C(CC)C(=CC=C(C)OC)C1CC1COc1nc(C)ncc1C(=O)O. The molecule has 0 radical (unpaired) electrons. The van der Waals surface area contributed by atoms with Gasteiger partial charge in [0.05, 0.1) is 19.5 Å². The lowest BCUT2D eigenvalue weighted by Gasteiger charge is -2.11. The number of nitrogens with zero attached hydrogens (tertiary/aromatic N) is 2. The van der Waals surface area contributed by atoms with Crippen molar-refractivity contribution in [3.63, 3.8) is 0 Å². The molecular weight excluding hydrogens is 332 g/mol. The molecule has 0 aromatic carbocycles. The van der Waals surface area contributed by atoms with Crippen molar-refractivity contribution in [2.45, 2.75) is 33.6 Å². The number of rotatable bonds is 9. The Kier molecular flexibility index (Phi) is 6.55.